The third-order valence-corrected chi connectivity index (χ3v) is 5.04. The van der Waals surface area contributed by atoms with Gasteiger partial charge in [-0.25, -0.2) is 0 Å². The number of ether oxygens (including phenoxy) is 1. The van der Waals surface area contributed by atoms with Gasteiger partial charge in [-0.3, -0.25) is 4.90 Å². The lowest BCUT2D eigenvalue weighted by Crippen LogP contribution is -2.24. The highest BCUT2D eigenvalue weighted by Crippen LogP contribution is 2.47. The van der Waals surface area contributed by atoms with Gasteiger partial charge in [0.05, 0.1) is 18.7 Å². The van der Waals surface area contributed by atoms with E-state index in [0.29, 0.717) is 17.6 Å². The molecule has 0 spiro atoms. The van der Waals surface area contributed by atoms with Crippen molar-refractivity contribution in [3.05, 3.63) is 35.4 Å². The van der Waals surface area contributed by atoms with E-state index in [-0.39, 0.29) is 12.1 Å². The van der Waals surface area contributed by atoms with Gasteiger partial charge in [0.15, 0.2) is 5.82 Å². The monoisotopic (exact) mass is 317 g/mol. The van der Waals surface area contributed by atoms with Gasteiger partial charge in [0.1, 0.15) is 11.5 Å². The minimum atomic E-state index is 0.0922. The Morgan fingerprint density at radius 1 is 1.35 bits per heavy atom. The van der Waals surface area contributed by atoms with Gasteiger partial charge >= 0.3 is 0 Å². The van der Waals surface area contributed by atoms with Gasteiger partial charge in [-0.2, -0.15) is 4.98 Å². The zero-order valence-electron chi connectivity index (χ0n) is 13.9. The second-order valence-corrected chi connectivity index (χ2v) is 6.84. The Balaban J connectivity index is 1.50. The Labute approximate surface area is 135 Å². The number of rotatable bonds is 5. The van der Waals surface area contributed by atoms with Crippen LogP contribution in [0.2, 0.25) is 0 Å². The zero-order valence-corrected chi connectivity index (χ0v) is 13.9. The molecule has 3 heterocycles. The molecule has 2 aromatic heterocycles. The van der Waals surface area contributed by atoms with Crippen LogP contribution < -0.4 is 0 Å². The van der Waals surface area contributed by atoms with Gasteiger partial charge in [-0.05, 0) is 37.8 Å². The Kier molecular flexibility index (Phi) is 3.73. The fourth-order valence-electron chi connectivity index (χ4n) is 3.51. The van der Waals surface area contributed by atoms with Crippen LogP contribution in [0.1, 0.15) is 55.0 Å². The van der Waals surface area contributed by atoms with E-state index in [1.807, 2.05) is 6.92 Å². The van der Waals surface area contributed by atoms with Crippen molar-refractivity contribution in [2.45, 2.75) is 51.3 Å². The van der Waals surface area contributed by atoms with Crippen molar-refractivity contribution >= 4 is 0 Å². The minimum absolute atomic E-state index is 0.0922. The van der Waals surface area contributed by atoms with Crippen molar-refractivity contribution in [2.24, 2.45) is 5.92 Å². The lowest BCUT2D eigenvalue weighted by atomic mass is 10.2. The summed E-state index contributed by atoms with van der Waals surface area (Å²) >= 11 is 0. The average molecular weight is 317 g/mol. The van der Waals surface area contributed by atoms with Gasteiger partial charge in [0.25, 0.3) is 0 Å². The first-order chi connectivity index (χ1) is 11.1. The Hall–Kier alpha value is -1.66. The highest BCUT2D eigenvalue weighted by atomic mass is 16.5. The fraction of sp³-hybridized carbons (Fsp3) is 0.647. The number of hydrogen-bond acceptors (Lipinski definition) is 6. The molecule has 2 aromatic rings. The molecule has 1 saturated carbocycles. The van der Waals surface area contributed by atoms with E-state index < -0.39 is 0 Å². The molecule has 0 unspecified atom stereocenters. The molecule has 124 valence electrons. The SMILES string of the molecule is CO[C@@H]1C[C@H](c2nc(C)no2)N(Cc2ccc([C@@H]3C[C@H]3C)o2)C1. The lowest BCUT2D eigenvalue weighted by molar-refractivity contribution is 0.106. The number of aromatic nitrogens is 2. The van der Waals surface area contributed by atoms with Gasteiger partial charge in [0.2, 0.25) is 5.89 Å². The van der Waals surface area contributed by atoms with E-state index in [9.17, 15) is 0 Å². The molecule has 2 aliphatic rings. The van der Waals surface area contributed by atoms with Crippen LogP contribution in [-0.2, 0) is 11.3 Å². The van der Waals surface area contributed by atoms with Crippen LogP contribution in [0, 0.1) is 12.8 Å². The van der Waals surface area contributed by atoms with Crippen LogP contribution >= 0.6 is 0 Å². The number of hydrogen-bond donors (Lipinski definition) is 0. The minimum Gasteiger partial charge on any atom is -0.464 e. The smallest absolute Gasteiger partial charge is 0.244 e. The van der Waals surface area contributed by atoms with Gasteiger partial charge in [0, 0.05) is 19.6 Å². The third-order valence-electron chi connectivity index (χ3n) is 5.04. The van der Waals surface area contributed by atoms with E-state index in [2.05, 4.69) is 34.1 Å². The summed E-state index contributed by atoms with van der Waals surface area (Å²) in [7, 11) is 1.75. The molecule has 1 aliphatic heterocycles. The molecule has 4 atom stereocenters. The quantitative estimate of drug-likeness (QED) is 0.844. The summed E-state index contributed by atoms with van der Waals surface area (Å²) in [6.07, 6.45) is 2.29. The highest BCUT2D eigenvalue weighted by molar-refractivity contribution is 5.18. The molecule has 0 N–H and O–H groups in total. The van der Waals surface area contributed by atoms with E-state index in [1.54, 1.807) is 7.11 Å². The number of nitrogens with zero attached hydrogens (tertiary/aromatic N) is 3. The molecule has 23 heavy (non-hydrogen) atoms. The molecule has 1 aliphatic carbocycles. The number of likely N-dealkylation sites (tertiary alicyclic amines) is 1. The maximum atomic E-state index is 6.05. The Morgan fingerprint density at radius 2 is 2.17 bits per heavy atom. The molecular formula is C17H23N3O3. The van der Waals surface area contributed by atoms with Crippen LogP contribution in [-0.4, -0.2) is 34.8 Å². The van der Waals surface area contributed by atoms with E-state index in [4.69, 9.17) is 13.7 Å². The van der Waals surface area contributed by atoms with Crippen molar-refractivity contribution in [1.82, 2.24) is 15.0 Å². The topological polar surface area (TPSA) is 64.5 Å². The van der Waals surface area contributed by atoms with Gasteiger partial charge < -0.3 is 13.7 Å². The summed E-state index contributed by atoms with van der Waals surface area (Å²) in [5.41, 5.74) is 0. The average Bonchev–Trinajstić information content (AvgIpc) is 2.95. The molecule has 1 saturated heterocycles. The molecule has 4 rings (SSSR count). The summed E-state index contributed by atoms with van der Waals surface area (Å²) in [6.45, 7) is 5.70. The highest BCUT2D eigenvalue weighted by Gasteiger charge is 2.39. The standard InChI is InChI=1S/C17H23N3O3/c1-10-6-14(10)16-5-4-12(22-16)8-20-9-13(21-3)7-15(20)17-18-11(2)19-23-17/h4-5,10,13-15H,6-9H2,1-3H3/t10-,13-,14-,15-/m1/s1. The van der Waals surface area contributed by atoms with Crippen molar-refractivity contribution < 1.29 is 13.7 Å². The van der Waals surface area contributed by atoms with Crippen molar-refractivity contribution in [3.63, 3.8) is 0 Å². The first-order valence-electron chi connectivity index (χ1n) is 8.29. The number of furan rings is 1. The third kappa shape index (κ3) is 2.93. The molecule has 2 fully saturated rings. The summed E-state index contributed by atoms with van der Waals surface area (Å²) < 4.78 is 17.0. The normalized spacial score (nSPS) is 30.9. The zero-order chi connectivity index (χ0) is 16.0. The van der Waals surface area contributed by atoms with Gasteiger partial charge in [-0.15, -0.1) is 0 Å². The fourth-order valence-corrected chi connectivity index (χ4v) is 3.51. The van der Waals surface area contributed by atoms with Crippen molar-refractivity contribution in [2.75, 3.05) is 13.7 Å². The number of aryl methyl sites for hydroxylation is 1. The molecule has 0 bridgehead atoms. The molecule has 6 heteroatoms. The van der Waals surface area contributed by atoms with E-state index in [0.717, 1.165) is 36.9 Å². The maximum Gasteiger partial charge on any atom is 0.244 e. The predicted octanol–water partition coefficient (Wildman–Crippen LogP) is 3.06. The first-order valence-corrected chi connectivity index (χ1v) is 8.29. The molecule has 6 nitrogen and oxygen atoms in total. The number of methoxy groups -OCH3 is 1. The van der Waals surface area contributed by atoms with E-state index >= 15 is 0 Å². The summed E-state index contributed by atoms with van der Waals surface area (Å²) in [5, 5.41) is 3.92. The lowest BCUT2D eigenvalue weighted by Gasteiger charge is -2.19. The summed E-state index contributed by atoms with van der Waals surface area (Å²) in [6, 6.07) is 4.31. The van der Waals surface area contributed by atoms with Crippen LogP contribution in [0.3, 0.4) is 0 Å². The van der Waals surface area contributed by atoms with Crippen LogP contribution in [0.15, 0.2) is 21.1 Å². The summed E-state index contributed by atoms with van der Waals surface area (Å²) in [5.74, 6) is 4.84. The molecule has 0 aromatic carbocycles. The predicted molar refractivity (Wildman–Crippen MR) is 82.8 cm³/mol. The van der Waals surface area contributed by atoms with Crippen LogP contribution in [0.5, 0.6) is 0 Å². The molecule has 0 amide bonds. The van der Waals surface area contributed by atoms with Gasteiger partial charge in [-0.1, -0.05) is 12.1 Å². The van der Waals surface area contributed by atoms with Crippen molar-refractivity contribution in [3.8, 4) is 0 Å². The summed E-state index contributed by atoms with van der Waals surface area (Å²) in [4.78, 5) is 6.71. The Morgan fingerprint density at radius 3 is 2.83 bits per heavy atom. The van der Waals surface area contributed by atoms with Crippen molar-refractivity contribution in [1.29, 1.82) is 0 Å². The van der Waals surface area contributed by atoms with Crippen LogP contribution in [0.4, 0.5) is 0 Å². The maximum absolute atomic E-state index is 6.05. The van der Waals surface area contributed by atoms with E-state index in [1.165, 1.54) is 6.42 Å². The Bertz CT molecular complexity index is 680. The molecule has 0 radical (unpaired) electrons. The van der Waals surface area contributed by atoms with Crippen LogP contribution in [0.25, 0.3) is 0 Å². The second-order valence-electron chi connectivity index (χ2n) is 6.84. The first kappa shape index (κ1) is 14.9. The largest absolute Gasteiger partial charge is 0.464 e. The second kappa shape index (κ2) is 5.76. The molecular weight excluding hydrogens is 294 g/mol.